The van der Waals surface area contributed by atoms with Crippen LogP contribution >= 0.6 is 11.8 Å². The number of fused-ring (bicyclic) bond motifs is 2. The van der Waals surface area contributed by atoms with E-state index in [1.54, 1.807) is 0 Å². The lowest BCUT2D eigenvalue weighted by molar-refractivity contribution is 0.0987. The van der Waals surface area contributed by atoms with Gasteiger partial charge >= 0.3 is 0 Å². The molecule has 2 aromatic rings. The van der Waals surface area contributed by atoms with E-state index in [1.807, 2.05) is 18.2 Å². The van der Waals surface area contributed by atoms with Crippen molar-refractivity contribution in [1.82, 2.24) is 0 Å². The van der Waals surface area contributed by atoms with Gasteiger partial charge in [-0.15, -0.1) is 0 Å². The minimum atomic E-state index is -0.174. The molecule has 0 aliphatic carbocycles. The van der Waals surface area contributed by atoms with Gasteiger partial charge in [0.25, 0.3) is 0 Å². The van der Waals surface area contributed by atoms with E-state index in [4.69, 9.17) is 4.74 Å². The van der Waals surface area contributed by atoms with Crippen LogP contribution in [0, 0.1) is 0 Å². The predicted molar refractivity (Wildman–Crippen MR) is 86.9 cm³/mol. The van der Waals surface area contributed by atoms with Gasteiger partial charge in [0.2, 0.25) is 0 Å². The molecule has 0 radical (unpaired) electrons. The van der Waals surface area contributed by atoms with Crippen molar-refractivity contribution in [2.45, 2.75) is 22.6 Å². The summed E-state index contributed by atoms with van der Waals surface area (Å²) in [6, 6.07) is 8.61. The molecule has 0 aromatic heterocycles. The molecule has 0 bridgehead atoms. The molecule has 4 rings (SSSR count). The van der Waals surface area contributed by atoms with E-state index in [-0.39, 0.29) is 29.3 Å². The summed E-state index contributed by atoms with van der Waals surface area (Å²) < 4.78 is 5.59. The highest BCUT2D eigenvalue weighted by Crippen LogP contribution is 2.43. The molecule has 2 aliphatic heterocycles. The molecule has 0 spiro atoms. The van der Waals surface area contributed by atoms with Crippen LogP contribution in [0.25, 0.3) is 5.76 Å². The van der Waals surface area contributed by atoms with Gasteiger partial charge in [-0.2, -0.15) is 0 Å². The summed E-state index contributed by atoms with van der Waals surface area (Å²) in [5, 5.41) is 19.7. The maximum absolute atomic E-state index is 12.5. The first kappa shape index (κ1) is 14.2. The molecule has 2 heterocycles. The lowest BCUT2D eigenvalue weighted by Gasteiger charge is -2.10. The number of aromatic hydroxyl groups is 2. The van der Waals surface area contributed by atoms with E-state index in [1.165, 1.54) is 23.9 Å². The molecular weight excluding hydrogens is 312 g/mol. The second kappa shape index (κ2) is 5.35. The summed E-state index contributed by atoms with van der Waals surface area (Å²) in [6.07, 6.45) is 3.19. The number of carbonyl (C=O) groups excluding carboxylic acids is 1. The van der Waals surface area contributed by atoms with Crippen molar-refractivity contribution in [3.8, 4) is 11.5 Å². The zero-order chi connectivity index (χ0) is 16.0. The molecule has 0 saturated heterocycles. The molecule has 2 N–H and O–H groups in total. The smallest absolute Gasteiger partial charge is 0.172 e. The number of carbonyl (C=O) groups is 1. The molecule has 5 heteroatoms. The minimum Gasteiger partial charge on any atom is -0.508 e. The van der Waals surface area contributed by atoms with Crippen LogP contribution in [0.4, 0.5) is 0 Å². The summed E-state index contributed by atoms with van der Waals surface area (Å²) in [6.45, 7) is 0.697. The molecule has 0 amide bonds. The van der Waals surface area contributed by atoms with Crippen LogP contribution in [-0.2, 0) is 11.2 Å². The third-order valence-corrected chi connectivity index (χ3v) is 5.11. The van der Waals surface area contributed by atoms with E-state index in [0.717, 1.165) is 28.2 Å². The molecule has 23 heavy (non-hydrogen) atoms. The van der Waals surface area contributed by atoms with Crippen molar-refractivity contribution >= 4 is 23.3 Å². The van der Waals surface area contributed by atoms with Crippen molar-refractivity contribution in [3.05, 3.63) is 53.1 Å². The molecule has 0 unspecified atom stereocenters. The second-order valence-corrected chi connectivity index (χ2v) is 6.65. The number of ether oxygens (including phenoxy) is 1. The fourth-order valence-electron chi connectivity index (χ4n) is 2.90. The zero-order valence-corrected chi connectivity index (χ0v) is 13.0. The average molecular weight is 326 g/mol. The van der Waals surface area contributed by atoms with Crippen molar-refractivity contribution in [2.24, 2.45) is 0 Å². The molecule has 0 atom stereocenters. The Kier molecular flexibility index (Phi) is 3.31. The largest absolute Gasteiger partial charge is 0.508 e. The zero-order valence-electron chi connectivity index (χ0n) is 12.2. The van der Waals surface area contributed by atoms with Gasteiger partial charge in [-0.3, -0.25) is 4.79 Å². The Bertz CT molecular complexity index is 854. The van der Waals surface area contributed by atoms with Crippen LogP contribution < -0.4 is 0 Å². The van der Waals surface area contributed by atoms with E-state index < -0.39 is 0 Å². The van der Waals surface area contributed by atoms with E-state index >= 15 is 0 Å². The lowest BCUT2D eigenvalue weighted by atomic mass is 10.0. The molecule has 2 aromatic carbocycles. The molecule has 4 nitrogen and oxygen atoms in total. The third-order valence-electron chi connectivity index (χ3n) is 3.97. The topological polar surface area (TPSA) is 66.8 Å². The van der Waals surface area contributed by atoms with Gasteiger partial charge in [0.1, 0.15) is 17.3 Å². The number of phenols is 2. The standard InChI is InChI=1S/C18H14O4S/c19-12-8-14(21)18-13(20)6-11-4-3-10(15-2-1-5-22-15)7-16(11)23-17(18)9-12/h2-4,7-9,19,21H,1,5-6H2. The summed E-state index contributed by atoms with van der Waals surface area (Å²) in [5.41, 5.74) is 2.17. The number of hydrogen-bond donors (Lipinski definition) is 2. The van der Waals surface area contributed by atoms with Gasteiger partial charge < -0.3 is 14.9 Å². The number of Topliss-reactive ketones (excluding diaryl/α,β-unsaturated/α-hetero) is 1. The SMILES string of the molecule is O=C1Cc2ccc(C3=CCCO3)cc2Sc2cc(O)cc(O)c21. The highest BCUT2D eigenvalue weighted by atomic mass is 32.2. The Labute approximate surface area is 137 Å². The van der Waals surface area contributed by atoms with E-state index in [9.17, 15) is 15.0 Å². The Morgan fingerprint density at radius 1 is 1.09 bits per heavy atom. The van der Waals surface area contributed by atoms with Crippen molar-refractivity contribution in [1.29, 1.82) is 0 Å². The first-order valence-corrected chi connectivity index (χ1v) is 8.17. The molecule has 0 fully saturated rings. The molecular formula is C18H14O4S. The van der Waals surface area contributed by atoms with Gasteiger partial charge in [-0.05, 0) is 23.8 Å². The van der Waals surface area contributed by atoms with Crippen LogP contribution in [0.2, 0.25) is 0 Å². The van der Waals surface area contributed by atoms with Crippen molar-refractivity contribution in [2.75, 3.05) is 6.61 Å². The van der Waals surface area contributed by atoms with E-state index in [2.05, 4.69) is 6.08 Å². The van der Waals surface area contributed by atoms with Crippen molar-refractivity contribution < 1.29 is 19.7 Å². The van der Waals surface area contributed by atoms with Gasteiger partial charge in [0.15, 0.2) is 5.78 Å². The highest BCUT2D eigenvalue weighted by Gasteiger charge is 2.25. The van der Waals surface area contributed by atoms with Crippen LogP contribution in [0.3, 0.4) is 0 Å². The normalized spacial score (nSPS) is 16.2. The highest BCUT2D eigenvalue weighted by molar-refractivity contribution is 7.99. The minimum absolute atomic E-state index is 0.0528. The average Bonchev–Trinajstić information content (AvgIpc) is 2.98. The summed E-state index contributed by atoms with van der Waals surface area (Å²) >= 11 is 1.38. The number of benzene rings is 2. The van der Waals surface area contributed by atoms with Crippen LogP contribution in [0.15, 0.2) is 46.2 Å². The Morgan fingerprint density at radius 3 is 2.74 bits per heavy atom. The monoisotopic (exact) mass is 326 g/mol. The predicted octanol–water partition coefficient (Wildman–Crippen LogP) is 3.75. The Hall–Kier alpha value is -2.40. The maximum atomic E-state index is 12.5. The second-order valence-electron chi connectivity index (χ2n) is 5.57. The van der Waals surface area contributed by atoms with Gasteiger partial charge in [0.05, 0.1) is 12.2 Å². The summed E-state index contributed by atoms with van der Waals surface area (Å²) in [5.74, 6) is 0.492. The first-order chi connectivity index (χ1) is 11.1. The molecule has 116 valence electrons. The number of rotatable bonds is 1. The van der Waals surface area contributed by atoms with Gasteiger partial charge in [-0.25, -0.2) is 0 Å². The Morgan fingerprint density at radius 2 is 1.96 bits per heavy atom. The Balaban J connectivity index is 1.82. The summed E-state index contributed by atoms with van der Waals surface area (Å²) in [7, 11) is 0. The fourth-order valence-corrected chi connectivity index (χ4v) is 4.09. The first-order valence-electron chi connectivity index (χ1n) is 7.35. The number of hydrogen-bond acceptors (Lipinski definition) is 5. The number of ketones is 1. The van der Waals surface area contributed by atoms with Gasteiger partial charge in [-0.1, -0.05) is 23.9 Å². The fraction of sp³-hybridized carbons (Fsp3) is 0.167. The van der Waals surface area contributed by atoms with Crippen LogP contribution in [-0.4, -0.2) is 22.6 Å². The quantitative estimate of drug-likeness (QED) is 0.835. The van der Waals surface area contributed by atoms with Crippen LogP contribution in [0.1, 0.15) is 27.9 Å². The van der Waals surface area contributed by atoms with E-state index in [0.29, 0.717) is 11.5 Å². The van der Waals surface area contributed by atoms with Gasteiger partial charge in [0, 0.05) is 34.3 Å². The van der Waals surface area contributed by atoms with Crippen LogP contribution in [0.5, 0.6) is 11.5 Å². The molecule has 2 aliphatic rings. The summed E-state index contributed by atoms with van der Waals surface area (Å²) in [4.78, 5) is 14.0. The van der Waals surface area contributed by atoms with Crippen molar-refractivity contribution in [3.63, 3.8) is 0 Å². The number of phenolic OH excluding ortho intramolecular Hbond substituents is 2. The maximum Gasteiger partial charge on any atom is 0.172 e. The lowest BCUT2D eigenvalue weighted by Crippen LogP contribution is -2.03. The molecule has 0 saturated carbocycles. The third kappa shape index (κ3) is 2.47.